The van der Waals surface area contributed by atoms with Crippen LogP contribution in [0.1, 0.15) is 33.6 Å². The van der Waals surface area contributed by atoms with Gasteiger partial charge in [0.25, 0.3) is 0 Å². The van der Waals surface area contributed by atoms with E-state index < -0.39 is 28.0 Å². The van der Waals surface area contributed by atoms with Gasteiger partial charge in [-0.2, -0.15) is 0 Å². The lowest BCUT2D eigenvalue weighted by Crippen LogP contribution is -2.42. The van der Waals surface area contributed by atoms with Crippen LogP contribution in [-0.2, 0) is 19.5 Å². The van der Waals surface area contributed by atoms with Crippen LogP contribution >= 0.6 is 0 Å². The highest BCUT2D eigenvalue weighted by Gasteiger charge is 2.35. The maximum Gasteiger partial charge on any atom is 0.339 e. The third kappa shape index (κ3) is 3.92. The number of rotatable bonds is 7. The monoisotopic (exact) mass is 356 g/mol. The molecule has 1 fully saturated rings. The highest BCUT2D eigenvalue weighted by atomic mass is 32.2. The first-order valence-electron chi connectivity index (χ1n) is 7.37. The van der Waals surface area contributed by atoms with E-state index in [2.05, 4.69) is 14.2 Å². The van der Waals surface area contributed by atoms with Crippen molar-refractivity contribution < 1.29 is 27.5 Å². The first-order chi connectivity index (χ1) is 11.3. The SMILES string of the molecule is COC(=O)c1ccc(C(=O)OC)c(S(=O)(=O)NC(CN)C2CC2)c1. The van der Waals surface area contributed by atoms with Gasteiger partial charge >= 0.3 is 11.9 Å². The Kier molecular flexibility index (Phi) is 5.58. The fourth-order valence-corrected chi connectivity index (χ4v) is 3.90. The Morgan fingerprint density at radius 2 is 1.88 bits per heavy atom. The smallest absolute Gasteiger partial charge is 0.339 e. The number of carbonyl (C=O) groups is 2. The molecule has 0 saturated heterocycles. The average Bonchev–Trinajstić information content (AvgIpc) is 3.42. The molecular weight excluding hydrogens is 336 g/mol. The molecule has 0 heterocycles. The molecule has 24 heavy (non-hydrogen) atoms. The summed E-state index contributed by atoms with van der Waals surface area (Å²) in [7, 11) is -1.74. The number of sulfonamides is 1. The number of hydrogen-bond donors (Lipinski definition) is 2. The van der Waals surface area contributed by atoms with Gasteiger partial charge in [-0.3, -0.25) is 0 Å². The summed E-state index contributed by atoms with van der Waals surface area (Å²) in [4.78, 5) is 23.2. The van der Waals surface area contributed by atoms with E-state index in [1.165, 1.54) is 19.2 Å². The van der Waals surface area contributed by atoms with E-state index in [1.807, 2.05) is 0 Å². The Balaban J connectivity index is 2.46. The summed E-state index contributed by atoms with van der Waals surface area (Å²) in [5, 5.41) is 0. The number of methoxy groups -OCH3 is 2. The van der Waals surface area contributed by atoms with Crippen molar-refractivity contribution in [2.24, 2.45) is 11.7 Å². The van der Waals surface area contributed by atoms with Crippen molar-refractivity contribution >= 4 is 22.0 Å². The second-order valence-corrected chi connectivity index (χ2v) is 7.18. The lowest BCUT2D eigenvalue weighted by molar-refractivity contribution is 0.0583. The summed E-state index contributed by atoms with van der Waals surface area (Å²) >= 11 is 0. The molecule has 1 saturated carbocycles. The molecule has 1 aliphatic rings. The van der Waals surface area contributed by atoms with Gasteiger partial charge in [-0.1, -0.05) is 0 Å². The Hall–Kier alpha value is -1.97. The van der Waals surface area contributed by atoms with Crippen molar-refractivity contribution in [1.29, 1.82) is 0 Å². The van der Waals surface area contributed by atoms with Gasteiger partial charge in [0.15, 0.2) is 0 Å². The molecule has 132 valence electrons. The molecule has 8 nitrogen and oxygen atoms in total. The fraction of sp³-hybridized carbons (Fsp3) is 0.467. The lowest BCUT2D eigenvalue weighted by Gasteiger charge is -2.18. The van der Waals surface area contributed by atoms with Crippen LogP contribution in [0.4, 0.5) is 0 Å². The lowest BCUT2D eigenvalue weighted by atomic mass is 10.1. The minimum atomic E-state index is -4.07. The Labute approximate surface area is 140 Å². The van der Waals surface area contributed by atoms with E-state index in [1.54, 1.807) is 0 Å². The minimum Gasteiger partial charge on any atom is -0.465 e. The van der Waals surface area contributed by atoms with Crippen molar-refractivity contribution in [3.8, 4) is 0 Å². The molecule has 3 N–H and O–H groups in total. The van der Waals surface area contributed by atoms with Crippen molar-refractivity contribution in [1.82, 2.24) is 4.72 Å². The van der Waals surface area contributed by atoms with Crippen LogP contribution in [-0.4, -0.2) is 47.2 Å². The van der Waals surface area contributed by atoms with Crippen LogP contribution in [0.15, 0.2) is 23.1 Å². The maximum atomic E-state index is 12.7. The Morgan fingerprint density at radius 3 is 2.38 bits per heavy atom. The summed E-state index contributed by atoms with van der Waals surface area (Å²) in [5.74, 6) is -1.34. The molecule has 1 unspecified atom stereocenters. The predicted molar refractivity (Wildman–Crippen MR) is 85.0 cm³/mol. The van der Waals surface area contributed by atoms with E-state index in [4.69, 9.17) is 5.73 Å². The topological polar surface area (TPSA) is 125 Å². The number of carbonyl (C=O) groups excluding carboxylic acids is 2. The number of benzene rings is 1. The third-order valence-electron chi connectivity index (χ3n) is 3.85. The molecule has 2 rings (SSSR count). The van der Waals surface area contributed by atoms with Gasteiger partial charge in [-0.25, -0.2) is 22.7 Å². The van der Waals surface area contributed by atoms with Gasteiger partial charge < -0.3 is 15.2 Å². The molecule has 9 heteroatoms. The molecule has 0 radical (unpaired) electrons. The minimum absolute atomic E-state index is 0.0150. The quantitative estimate of drug-likeness (QED) is 0.672. The van der Waals surface area contributed by atoms with Gasteiger partial charge in [-0.15, -0.1) is 0 Å². The second kappa shape index (κ2) is 7.29. The summed E-state index contributed by atoms with van der Waals surface area (Å²) in [5.41, 5.74) is 5.48. The van der Waals surface area contributed by atoms with E-state index >= 15 is 0 Å². The molecular formula is C15H20N2O6S. The van der Waals surface area contributed by atoms with Crippen LogP contribution in [0.3, 0.4) is 0 Å². The maximum absolute atomic E-state index is 12.7. The zero-order chi connectivity index (χ0) is 17.9. The number of ether oxygens (including phenoxy) is 2. The van der Waals surface area contributed by atoms with E-state index in [0.717, 1.165) is 26.0 Å². The molecule has 0 bridgehead atoms. The molecule has 0 aromatic heterocycles. The van der Waals surface area contributed by atoms with E-state index in [-0.39, 0.29) is 28.5 Å². The number of nitrogens with one attached hydrogen (secondary N) is 1. The predicted octanol–water partition coefficient (Wildman–Crippen LogP) is 0.275. The Morgan fingerprint density at radius 1 is 1.25 bits per heavy atom. The molecule has 0 amide bonds. The highest BCUT2D eigenvalue weighted by molar-refractivity contribution is 7.89. The molecule has 1 aromatic rings. The van der Waals surface area contributed by atoms with Gasteiger partial charge in [0.1, 0.15) is 0 Å². The normalized spacial score (nSPS) is 15.6. The molecule has 1 aromatic carbocycles. The van der Waals surface area contributed by atoms with Gasteiger partial charge in [-0.05, 0) is 37.0 Å². The number of esters is 2. The second-order valence-electron chi connectivity index (χ2n) is 5.50. The molecule has 0 aliphatic heterocycles. The van der Waals surface area contributed by atoms with Gasteiger partial charge in [0, 0.05) is 12.6 Å². The summed E-state index contributed by atoms with van der Waals surface area (Å²) in [6.45, 7) is 0.147. The van der Waals surface area contributed by atoms with Gasteiger partial charge in [0.05, 0.1) is 30.2 Å². The van der Waals surface area contributed by atoms with E-state index in [0.29, 0.717) is 0 Å². The van der Waals surface area contributed by atoms with Crippen molar-refractivity contribution in [3.05, 3.63) is 29.3 Å². The zero-order valence-electron chi connectivity index (χ0n) is 13.4. The first-order valence-corrected chi connectivity index (χ1v) is 8.85. The van der Waals surface area contributed by atoms with Crippen LogP contribution in [0.2, 0.25) is 0 Å². The van der Waals surface area contributed by atoms with Crippen LogP contribution in [0, 0.1) is 5.92 Å². The van der Waals surface area contributed by atoms with Crippen molar-refractivity contribution in [2.75, 3.05) is 20.8 Å². The molecule has 0 spiro atoms. The molecule has 1 atom stereocenters. The van der Waals surface area contributed by atoms with Crippen LogP contribution < -0.4 is 10.5 Å². The van der Waals surface area contributed by atoms with Crippen molar-refractivity contribution in [2.45, 2.75) is 23.8 Å². The van der Waals surface area contributed by atoms with Crippen molar-refractivity contribution in [3.63, 3.8) is 0 Å². The van der Waals surface area contributed by atoms with Gasteiger partial charge in [0.2, 0.25) is 10.0 Å². The third-order valence-corrected chi connectivity index (χ3v) is 5.38. The summed E-state index contributed by atoms with van der Waals surface area (Å²) in [6.07, 6.45) is 1.80. The standard InChI is InChI=1S/C15H20N2O6S/c1-22-14(18)10-5-6-11(15(19)23-2)13(7-10)24(20,21)17-12(8-16)9-3-4-9/h5-7,9,12,17H,3-4,8,16H2,1-2H3. The first kappa shape index (κ1) is 18.4. The zero-order valence-corrected chi connectivity index (χ0v) is 14.3. The fourth-order valence-electron chi connectivity index (χ4n) is 2.37. The summed E-state index contributed by atoms with van der Waals surface area (Å²) in [6, 6.07) is 3.21. The summed E-state index contributed by atoms with van der Waals surface area (Å²) < 4.78 is 37.1. The number of hydrogen-bond acceptors (Lipinski definition) is 7. The van der Waals surface area contributed by atoms with E-state index in [9.17, 15) is 18.0 Å². The van der Waals surface area contributed by atoms with Crippen LogP contribution in [0.5, 0.6) is 0 Å². The Bertz CT molecular complexity index is 742. The average molecular weight is 356 g/mol. The highest BCUT2D eigenvalue weighted by Crippen LogP contribution is 2.33. The number of nitrogens with two attached hydrogens (primary N) is 1. The molecule has 1 aliphatic carbocycles. The largest absolute Gasteiger partial charge is 0.465 e. The van der Waals surface area contributed by atoms with Crippen LogP contribution in [0.25, 0.3) is 0 Å².